The molecule has 2 rings (SSSR count). The molecule has 0 aliphatic carbocycles. The first-order valence-corrected chi connectivity index (χ1v) is 5.53. The Morgan fingerprint density at radius 1 is 1.43 bits per heavy atom. The second-order valence-corrected chi connectivity index (χ2v) is 4.43. The molecule has 76 valence electrons. The summed E-state index contributed by atoms with van der Waals surface area (Å²) in [5.74, 6) is 0. The lowest BCUT2D eigenvalue weighted by molar-refractivity contribution is 0.223. The maximum absolute atomic E-state index is 6.05. The molecule has 1 saturated heterocycles. The minimum atomic E-state index is 0.389. The molecule has 0 amide bonds. The number of rotatable bonds is 2. The first-order chi connectivity index (χ1) is 6.84. The minimum absolute atomic E-state index is 0.389. The average molecular weight is 211 g/mol. The Hall–Kier alpha value is -0.600. The highest BCUT2D eigenvalue weighted by atomic mass is 35.5. The monoisotopic (exact) mass is 210 g/mol. The fourth-order valence-corrected chi connectivity index (χ4v) is 2.00. The molecule has 1 fully saturated rings. The van der Waals surface area contributed by atoms with Crippen LogP contribution in [0.3, 0.4) is 0 Å². The van der Waals surface area contributed by atoms with Gasteiger partial charge in [0.25, 0.3) is 0 Å². The summed E-state index contributed by atoms with van der Waals surface area (Å²) in [6, 6.07) is 4.11. The van der Waals surface area contributed by atoms with Gasteiger partial charge in [-0.1, -0.05) is 6.07 Å². The summed E-state index contributed by atoms with van der Waals surface area (Å²) in [6.07, 6.45) is 5.98. The third kappa shape index (κ3) is 2.69. The molecule has 1 aliphatic heterocycles. The van der Waals surface area contributed by atoms with E-state index in [2.05, 4.69) is 16.0 Å². The van der Waals surface area contributed by atoms with Crippen LogP contribution in [0.1, 0.15) is 18.4 Å². The fraction of sp³-hybridized carbons (Fsp3) is 0.545. The number of piperidine rings is 1. The highest BCUT2D eigenvalue weighted by Crippen LogP contribution is 2.17. The average Bonchev–Trinajstić information content (AvgIpc) is 2.23. The van der Waals surface area contributed by atoms with Crippen molar-refractivity contribution in [2.45, 2.75) is 24.8 Å². The van der Waals surface area contributed by atoms with Gasteiger partial charge in [-0.15, -0.1) is 11.6 Å². The van der Waals surface area contributed by atoms with E-state index >= 15 is 0 Å². The van der Waals surface area contributed by atoms with Crippen LogP contribution in [0.25, 0.3) is 0 Å². The van der Waals surface area contributed by atoms with Crippen LogP contribution in [0, 0.1) is 0 Å². The minimum Gasteiger partial charge on any atom is -0.299 e. The largest absolute Gasteiger partial charge is 0.299 e. The number of alkyl halides is 1. The van der Waals surface area contributed by atoms with Gasteiger partial charge in [0.15, 0.2) is 0 Å². The molecule has 2 heterocycles. The van der Waals surface area contributed by atoms with E-state index in [-0.39, 0.29) is 0 Å². The summed E-state index contributed by atoms with van der Waals surface area (Å²) in [5, 5.41) is 0.389. The van der Waals surface area contributed by atoms with Crippen molar-refractivity contribution in [2.75, 3.05) is 13.1 Å². The van der Waals surface area contributed by atoms with Crippen LogP contribution in [-0.4, -0.2) is 28.4 Å². The number of nitrogens with zero attached hydrogens (tertiary/aromatic N) is 2. The van der Waals surface area contributed by atoms with E-state index in [1.165, 1.54) is 5.56 Å². The van der Waals surface area contributed by atoms with E-state index < -0.39 is 0 Å². The Morgan fingerprint density at radius 2 is 2.21 bits per heavy atom. The summed E-state index contributed by atoms with van der Waals surface area (Å²) >= 11 is 6.05. The number of hydrogen-bond acceptors (Lipinski definition) is 2. The zero-order valence-electron chi connectivity index (χ0n) is 8.19. The lowest BCUT2D eigenvalue weighted by Gasteiger charge is -2.28. The first-order valence-electron chi connectivity index (χ1n) is 5.10. The maximum atomic E-state index is 6.05. The van der Waals surface area contributed by atoms with Crippen molar-refractivity contribution in [1.82, 2.24) is 9.88 Å². The lowest BCUT2D eigenvalue weighted by atomic mass is 10.1. The van der Waals surface area contributed by atoms with Gasteiger partial charge in [-0.05, 0) is 37.6 Å². The summed E-state index contributed by atoms with van der Waals surface area (Å²) in [5.41, 5.74) is 1.29. The summed E-state index contributed by atoms with van der Waals surface area (Å²) in [6.45, 7) is 3.24. The molecule has 0 atom stereocenters. The van der Waals surface area contributed by atoms with Gasteiger partial charge in [-0.2, -0.15) is 0 Å². The molecule has 14 heavy (non-hydrogen) atoms. The van der Waals surface area contributed by atoms with E-state index in [0.717, 1.165) is 32.5 Å². The summed E-state index contributed by atoms with van der Waals surface area (Å²) < 4.78 is 0. The number of likely N-dealkylation sites (tertiary alicyclic amines) is 1. The van der Waals surface area contributed by atoms with Crippen molar-refractivity contribution >= 4 is 11.6 Å². The molecule has 0 radical (unpaired) electrons. The third-order valence-electron chi connectivity index (χ3n) is 2.65. The molecule has 0 aromatic carbocycles. The Balaban J connectivity index is 1.87. The smallest absolute Gasteiger partial charge is 0.0360 e. The van der Waals surface area contributed by atoms with Gasteiger partial charge in [0.05, 0.1) is 0 Å². The van der Waals surface area contributed by atoms with Gasteiger partial charge < -0.3 is 0 Å². The first kappa shape index (κ1) is 9.94. The van der Waals surface area contributed by atoms with Crippen LogP contribution < -0.4 is 0 Å². The predicted octanol–water partition coefficient (Wildman–Crippen LogP) is 2.28. The zero-order chi connectivity index (χ0) is 9.80. The fourth-order valence-electron chi connectivity index (χ4n) is 1.81. The number of pyridine rings is 1. The van der Waals surface area contributed by atoms with Gasteiger partial charge in [-0.25, -0.2) is 0 Å². The van der Waals surface area contributed by atoms with Crippen molar-refractivity contribution in [3.63, 3.8) is 0 Å². The molecule has 0 spiro atoms. The maximum Gasteiger partial charge on any atom is 0.0360 e. The molecular formula is C11H15ClN2. The molecule has 0 N–H and O–H groups in total. The van der Waals surface area contributed by atoms with E-state index in [1.807, 2.05) is 18.5 Å². The number of hydrogen-bond donors (Lipinski definition) is 0. The normalized spacial score (nSPS) is 19.8. The van der Waals surface area contributed by atoms with E-state index in [9.17, 15) is 0 Å². The quantitative estimate of drug-likeness (QED) is 0.697. The molecule has 1 aromatic rings. The molecule has 3 heteroatoms. The van der Waals surface area contributed by atoms with Gasteiger partial charge in [0.1, 0.15) is 0 Å². The van der Waals surface area contributed by atoms with E-state index in [0.29, 0.717) is 5.38 Å². The Bertz CT molecular complexity index is 268. The van der Waals surface area contributed by atoms with Gasteiger partial charge in [-0.3, -0.25) is 9.88 Å². The number of aromatic nitrogens is 1. The van der Waals surface area contributed by atoms with Gasteiger partial charge >= 0.3 is 0 Å². The second-order valence-electron chi connectivity index (χ2n) is 3.81. The lowest BCUT2D eigenvalue weighted by Crippen LogP contribution is -2.33. The van der Waals surface area contributed by atoms with Gasteiger partial charge in [0.2, 0.25) is 0 Å². The van der Waals surface area contributed by atoms with Crippen LogP contribution in [0.4, 0.5) is 0 Å². The SMILES string of the molecule is ClC1CCN(Cc2cccnc2)CC1. The molecule has 0 bridgehead atoms. The molecular weight excluding hydrogens is 196 g/mol. The molecule has 1 aromatic heterocycles. The van der Waals surface area contributed by atoms with Crippen molar-refractivity contribution < 1.29 is 0 Å². The van der Waals surface area contributed by atoms with Crippen LogP contribution in [-0.2, 0) is 6.54 Å². The Morgan fingerprint density at radius 3 is 2.86 bits per heavy atom. The van der Waals surface area contributed by atoms with E-state index in [4.69, 9.17) is 11.6 Å². The van der Waals surface area contributed by atoms with Crippen molar-refractivity contribution in [3.8, 4) is 0 Å². The van der Waals surface area contributed by atoms with Crippen LogP contribution in [0.2, 0.25) is 0 Å². The van der Waals surface area contributed by atoms with Crippen LogP contribution >= 0.6 is 11.6 Å². The Kier molecular flexibility index (Phi) is 3.38. The van der Waals surface area contributed by atoms with Crippen LogP contribution in [0.15, 0.2) is 24.5 Å². The molecule has 2 nitrogen and oxygen atoms in total. The molecule has 1 aliphatic rings. The third-order valence-corrected chi connectivity index (χ3v) is 3.08. The highest BCUT2D eigenvalue weighted by molar-refractivity contribution is 6.20. The van der Waals surface area contributed by atoms with Crippen molar-refractivity contribution in [1.29, 1.82) is 0 Å². The standard InChI is InChI=1S/C11H15ClN2/c12-11-3-6-14(7-4-11)9-10-2-1-5-13-8-10/h1-2,5,8,11H,3-4,6-7,9H2. The van der Waals surface area contributed by atoms with Crippen molar-refractivity contribution in [2.24, 2.45) is 0 Å². The summed E-state index contributed by atoms with van der Waals surface area (Å²) in [4.78, 5) is 6.55. The molecule has 0 saturated carbocycles. The van der Waals surface area contributed by atoms with E-state index in [1.54, 1.807) is 0 Å². The van der Waals surface area contributed by atoms with Crippen molar-refractivity contribution in [3.05, 3.63) is 30.1 Å². The zero-order valence-corrected chi connectivity index (χ0v) is 8.95. The van der Waals surface area contributed by atoms with Crippen LogP contribution in [0.5, 0.6) is 0 Å². The second kappa shape index (κ2) is 4.76. The highest BCUT2D eigenvalue weighted by Gasteiger charge is 2.16. The number of halogens is 1. The van der Waals surface area contributed by atoms with Gasteiger partial charge in [0, 0.05) is 24.3 Å². The Labute approximate surface area is 89.9 Å². The summed E-state index contributed by atoms with van der Waals surface area (Å²) in [7, 11) is 0. The topological polar surface area (TPSA) is 16.1 Å². The predicted molar refractivity (Wildman–Crippen MR) is 58.4 cm³/mol. The molecule has 0 unspecified atom stereocenters.